The van der Waals surface area contributed by atoms with Crippen LogP contribution in [-0.2, 0) is 10.2 Å². The van der Waals surface area contributed by atoms with E-state index in [1.165, 1.54) is 12.8 Å². The average molecular weight is 380 g/mol. The summed E-state index contributed by atoms with van der Waals surface area (Å²) in [4.78, 5) is 13.7. The fourth-order valence-electron chi connectivity index (χ4n) is 5.27. The Morgan fingerprint density at radius 3 is 2.29 bits per heavy atom. The van der Waals surface area contributed by atoms with E-state index < -0.39 is 5.41 Å². The van der Waals surface area contributed by atoms with E-state index in [0.717, 1.165) is 59.4 Å². The van der Waals surface area contributed by atoms with Crippen LogP contribution in [0.3, 0.4) is 0 Å². The molecule has 2 aromatic rings. The molecule has 0 spiro atoms. The topological polar surface area (TPSA) is 58.6 Å². The molecular weight excluding hydrogens is 350 g/mol. The van der Waals surface area contributed by atoms with Gasteiger partial charge in [-0.05, 0) is 73.1 Å². The molecule has 1 saturated carbocycles. The van der Waals surface area contributed by atoms with Crippen LogP contribution in [0, 0.1) is 19.8 Å². The average Bonchev–Trinajstić information content (AvgIpc) is 2.86. The van der Waals surface area contributed by atoms with Gasteiger partial charge in [0.15, 0.2) is 0 Å². The molecule has 1 atom stereocenters. The maximum Gasteiger partial charge on any atom is 0.239 e. The van der Waals surface area contributed by atoms with Gasteiger partial charge in [0.05, 0.1) is 7.11 Å². The highest BCUT2D eigenvalue weighted by Gasteiger charge is 2.54. The van der Waals surface area contributed by atoms with E-state index >= 15 is 0 Å². The first kappa shape index (κ1) is 18.9. The number of benzene rings is 2. The predicted molar refractivity (Wildman–Crippen MR) is 111 cm³/mol. The summed E-state index contributed by atoms with van der Waals surface area (Å²) in [5, 5.41) is 13.1. The number of fused-ring (bicyclic) bond motifs is 1. The number of methoxy groups -OCH3 is 1. The summed E-state index contributed by atoms with van der Waals surface area (Å²) in [7, 11) is 1.69. The van der Waals surface area contributed by atoms with Crippen molar-refractivity contribution in [2.75, 3.05) is 12.4 Å². The van der Waals surface area contributed by atoms with Gasteiger partial charge >= 0.3 is 0 Å². The largest absolute Gasteiger partial charge is 0.508 e. The molecule has 28 heavy (non-hydrogen) atoms. The van der Waals surface area contributed by atoms with Crippen LogP contribution in [0.15, 0.2) is 30.3 Å². The summed E-state index contributed by atoms with van der Waals surface area (Å²) in [5.74, 6) is 1.32. The third-order valence-electron chi connectivity index (χ3n) is 6.88. The van der Waals surface area contributed by atoms with Crippen molar-refractivity contribution >= 4 is 11.6 Å². The standard InChI is InChI=1S/C24H29NO3/c1-15-16(2)22-20(14-21(15)28-3)24(23(27)25-22,17-8-6-4-5-7-9-17)18-10-12-19(26)13-11-18/h10-14,17,26H,4-9H2,1-3H3,(H,25,27). The van der Waals surface area contributed by atoms with Crippen molar-refractivity contribution < 1.29 is 14.6 Å². The lowest BCUT2D eigenvalue weighted by Gasteiger charge is -2.36. The molecule has 0 saturated heterocycles. The van der Waals surface area contributed by atoms with Crippen molar-refractivity contribution in [2.24, 2.45) is 5.92 Å². The molecule has 1 amide bonds. The van der Waals surface area contributed by atoms with Crippen molar-refractivity contribution in [3.05, 3.63) is 52.6 Å². The Bertz CT molecular complexity index is 895. The zero-order chi connectivity index (χ0) is 19.9. The van der Waals surface area contributed by atoms with Gasteiger partial charge < -0.3 is 15.2 Å². The summed E-state index contributed by atoms with van der Waals surface area (Å²) >= 11 is 0. The molecule has 4 heteroatoms. The normalized spacial score (nSPS) is 22.5. The third-order valence-corrected chi connectivity index (χ3v) is 6.88. The molecule has 2 N–H and O–H groups in total. The minimum atomic E-state index is -0.737. The van der Waals surface area contributed by atoms with Crippen LogP contribution in [-0.4, -0.2) is 18.1 Å². The molecule has 1 unspecified atom stereocenters. The lowest BCUT2D eigenvalue weighted by Crippen LogP contribution is -2.43. The molecule has 4 rings (SSSR count). The quantitative estimate of drug-likeness (QED) is 0.718. The van der Waals surface area contributed by atoms with Crippen LogP contribution >= 0.6 is 0 Å². The fraction of sp³-hybridized carbons (Fsp3) is 0.458. The molecule has 0 aromatic heterocycles. The number of phenols is 1. The van der Waals surface area contributed by atoms with Gasteiger partial charge in [-0.3, -0.25) is 4.79 Å². The fourth-order valence-corrected chi connectivity index (χ4v) is 5.27. The van der Waals surface area contributed by atoms with Gasteiger partial charge in [0, 0.05) is 5.69 Å². The van der Waals surface area contributed by atoms with Gasteiger partial charge in [-0.15, -0.1) is 0 Å². The molecule has 148 valence electrons. The van der Waals surface area contributed by atoms with E-state index in [9.17, 15) is 9.90 Å². The van der Waals surface area contributed by atoms with Gasteiger partial charge in [-0.1, -0.05) is 37.8 Å². The Hall–Kier alpha value is -2.49. The van der Waals surface area contributed by atoms with E-state index in [-0.39, 0.29) is 17.6 Å². The Kier molecular flexibility index (Phi) is 4.82. The van der Waals surface area contributed by atoms with Crippen LogP contribution in [0.25, 0.3) is 0 Å². The van der Waals surface area contributed by atoms with Gasteiger partial charge in [-0.25, -0.2) is 0 Å². The predicted octanol–water partition coefficient (Wildman–Crippen LogP) is 5.23. The lowest BCUT2D eigenvalue weighted by molar-refractivity contribution is -0.121. The van der Waals surface area contributed by atoms with E-state index in [1.54, 1.807) is 19.2 Å². The first-order valence-electron chi connectivity index (χ1n) is 10.3. The smallest absolute Gasteiger partial charge is 0.239 e. The van der Waals surface area contributed by atoms with Crippen molar-refractivity contribution in [1.82, 2.24) is 0 Å². The number of phenolic OH excluding ortho intramolecular Hbond substituents is 1. The number of rotatable bonds is 3. The SMILES string of the molecule is COc1cc2c(c(C)c1C)NC(=O)C2(c1ccc(O)cc1)C1CCCCCC1. The number of hydrogen-bond acceptors (Lipinski definition) is 3. The number of ether oxygens (including phenoxy) is 1. The Morgan fingerprint density at radius 1 is 1.04 bits per heavy atom. The maximum atomic E-state index is 13.7. The molecule has 0 radical (unpaired) electrons. The van der Waals surface area contributed by atoms with E-state index in [2.05, 4.69) is 18.3 Å². The second kappa shape index (κ2) is 7.16. The minimum Gasteiger partial charge on any atom is -0.508 e. The van der Waals surface area contributed by atoms with Crippen LogP contribution in [0.4, 0.5) is 5.69 Å². The van der Waals surface area contributed by atoms with Gasteiger partial charge in [0.2, 0.25) is 5.91 Å². The number of nitrogens with one attached hydrogen (secondary N) is 1. The summed E-state index contributed by atoms with van der Waals surface area (Å²) in [6.45, 7) is 4.09. The van der Waals surface area contributed by atoms with Crippen molar-refractivity contribution in [1.29, 1.82) is 0 Å². The number of anilines is 1. The van der Waals surface area contributed by atoms with Crippen molar-refractivity contribution in [3.63, 3.8) is 0 Å². The molecule has 1 aliphatic carbocycles. The van der Waals surface area contributed by atoms with E-state index in [0.29, 0.717) is 0 Å². The lowest BCUT2D eigenvalue weighted by atomic mass is 9.63. The Balaban J connectivity index is 2.00. The van der Waals surface area contributed by atoms with Crippen molar-refractivity contribution in [3.8, 4) is 11.5 Å². The first-order chi connectivity index (χ1) is 13.5. The van der Waals surface area contributed by atoms with Crippen LogP contribution in [0.1, 0.15) is 60.8 Å². The summed E-state index contributed by atoms with van der Waals surface area (Å²) < 4.78 is 5.67. The summed E-state index contributed by atoms with van der Waals surface area (Å²) in [6, 6.07) is 9.27. The highest BCUT2D eigenvalue weighted by molar-refractivity contribution is 6.10. The van der Waals surface area contributed by atoms with E-state index in [1.807, 2.05) is 19.1 Å². The van der Waals surface area contributed by atoms with E-state index in [4.69, 9.17) is 4.74 Å². The van der Waals surface area contributed by atoms with Crippen LogP contribution < -0.4 is 10.1 Å². The number of carbonyl (C=O) groups excluding carboxylic acids is 1. The van der Waals surface area contributed by atoms with Crippen LogP contribution in [0.2, 0.25) is 0 Å². The van der Waals surface area contributed by atoms with Gasteiger partial charge in [0.25, 0.3) is 0 Å². The summed E-state index contributed by atoms with van der Waals surface area (Å²) in [6.07, 6.45) is 6.82. The Morgan fingerprint density at radius 2 is 1.68 bits per heavy atom. The number of carbonyl (C=O) groups is 1. The zero-order valence-corrected chi connectivity index (χ0v) is 17.0. The molecule has 2 aliphatic rings. The second-order valence-electron chi connectivity index (χ2n) is 8.25. The zero-order valence-electron chi connectivity index (χ0n) is 17.0. The monoisotopic (exact) mass is 379 g/mol. The molecule has 4 nitrogen and oxygen atoms in total. The van der Waals surface area contributed by atoms with Crippen molar-refractivity contribution in [2.45, 2.75) is 57.8 Å². The number of aromatic hydroxyl groups is 1. The highest BCUT2D eigenvalue weighted by Crippen LogP contribution is 2.54. The molecule has 2 aromatic carbocycles. The molecule has 1 heterocycles. The van der Waals surface area contributed by atoms with Gasteiger partial charge in [0.1, 0.15) is 16.9 Å². The first-order valence-corrected chi connectivity index (χ1v) is 10.3. The second-order valence-corrected chi connectivity index (χ2v) is 8.25. The molecular formula is C24H29NO3. The highest BCUT2D eigenvalue weighted by atomic mass is 16.5. The minimum absolute atomic E-state index is 0.0517. The third kappa shape index (κ3) is 2.69. The molecule has 0 bridgehead atoms. The van der Waals surface area contributed by atoms with Crippen LogP contribution in [0.5, 0.6) is 11.5 Å². The maximum absolute atomic E-state index is 13.7. The summed E-state index contributed by atoms with van der Waals surface area (Å²) in [5.41, 5.74) is 4.30. The Labute approximate surface area is 166 Å². The number of amides is 1. The molecule has 1 aliphatic heterocycles. The molecule has 1 fully saturated rings. The van der Waals surface area contributed by atoms with Gasteiger partial charge in [-0.2, -0.15) is 0 Å². The number of hydrogen-bond donors (Lipinski definition) is 2.